The van der Waals surface area contributed by atoms with Crippen LogP contribution in [0.2, 0.25) is 0 Å². The molecule has 0 aromatic carbocycles. The Labute approximate surface area is 78.5 Å². The van der Waals surface area contributed by atoms with Crippen molar-refractivity contribution < 1.29 is 8.42 Å². The summed E-state index contributed by atoms with van der Waals surface area (Å²) in [6, 6.07) is 0.105. The van der Waals surface area contributed by atoms with Crippen LogP contribution in [0.1, 0.15) is 26.2 Å². The maximum absolute atomic E-state index is 11.1. The third-order valence-corrected chi connectivity index (χ3v) is 4.15. The van der Waals surface area contributed by atoms with Gasteiger partial charge in [0.25, 0.3) is 0 Å². The second-order valence-electron chi connectivity index (χ2n) is 3.36. The molecule has 2 unspecified atom stereocenters. The molecular formula is C7H14ClNO2S. The van der Waals surface area contributed by atoms with Crippen LogP contribution in [0.5, 0.6) is 0 Å². The van der Waals surface area contributed by atoms with Crippen LogP contribution in [-0.2, 0) is 10.0 Å². The van der Waals surface area contributed by atoms with E-state index in [1.807, 2.05) is 0 Å². The van der Waals surface area contributed by atoms with Gasteiger partial charge in [-0.05, 0) is 18.8 Å². The van der Waals surface area contributed by atoms with Crippen molar-refractivity contribution in [1.82, 2.24) is 4.72 Å². The summed E-state index contributed by atoms with van der Waals surface area (Å²) in [5.41, 5.74) is 0. The fourth-order valence-electron chi connectivity index (χ4n) is 1.58. The lowest BCUT2D eigenvalue weighted by Crippen LogP contribution is -2.36. The molecule has 1 saturated carbocycles. The van der Waals surface area contributed by atoms with Crippen LogP contribution in [0.25, 0.3) is 0 Å². The van der Waals surface area contributed by atoms with Gasteiger partial charge in [-0.1, -0.05) is 13.3 Å². The second kappa shape index (κ2) is 3.94. The van der Waals surface area contributed by atoms with E-state index >= 15 is 0 Å². The summed E-state index contributed by atoms with van der Waals surface area (Å²) in [7, 11) is -3.22. The molecule has 2 atom stereocenters. The molecule has 12 heavy (non-hydrogen) atoms. The molecule has 1 fully saturated rings. The number of halogens is 1. The van der Waals surface area contributed by atoms with Crippen molar-refractivity contribution in [3.05, 3.63) is 0 Å². The lowest BCUT2D eigenvalue weighted by molar-refractivity contribution is 0.478. The Morgan fingerprint density at radius 1 is 1.50 bits per heavy atom. The number of sulfonamides is 1. The van der Waals surface area contributed by atoms with Crippen molar-refractivity contribution in [2.45, 2.75) is 32.2 Å². The van der Waals surface area contributed by atoms with Crippen molar-refractivity contribution in [1.29, 1.82) is 0 Å². The standard InChI is InChI=1S/C7H14ClNO2S/c1-6-3-2-4-7(6)9-12(10,11)5-8/h6-7,9H,2-5H2,1H3. The maximum atomic E-state index is 11.1. The highest BCUT2D eigenvalue weighted by Crippen LogP contribution is 2.25. The molecule has 1 aliphatic rings. The van der Waals surface area contributed by atoms with E-state index in [9.17, 15) is 8.42 Å². The molecule has 1 N–H and O–H groups in total. The molecule has 72 valence electrons. The SMILES string of the molecule is CC1CCCC1NS(=O)(=O)CCl. The van der Waals surface area contributed by atoms with E-state index in [2.05, 4.69) is 11.6 Å². The van der Waals surface area contributed by atoms with Gasteiger partial charge in [0, 0.05) is 6.04 Å². The minimum Gasteiger partial charge on any atom is -0.211 e. The molecule has 1 aliphatic carbocycles. The third-order valence-electron chi connectivity index (χ3n) is 2.34. The molecule has 0 aromatic rings. The predicted octanol–water partition coefficient (Wildman–Crippen LogP) is 1.29. The van der Waals surface area contributed by atoms with Crippen molar-refractivity contribution in [3.63, 3.8) is 0 Å². The van der Waals surface area contributed by atoms with Gasteiger partial charge in [0.1, 0.15) is 5.21 Å². The maximum Gasteiger partial charge on any atom is 0.225 e. The Hall–Kier alpha value is 0.200. The smallest absolute Gasteiger partial charge is 0.211 e. The number of hydrogen-bond donors (Lipinski definition) is 1. The van der Waals surface area contributed by atoms with E-state index in [0.717, 1.165) is 19.3 Å². The van der Waals surface area contributed by atoms with Crippen LogP contribution in [-0.4, -0.2) is 19.7 Å². The van der Waals surface area contributed by atoms with Gasteiger partial charge in [-0.25, -0.2) is 13.1 Å². The van der Waals surface area contributed by atoms with E-state index in [1.165, 1.54) is 0 Å². The van der Waals surface area contributed by atoms with Gasteiger partial charge in [0.2, 0.25) is 10.0 Å². The summed E-state index contributed by atoms with van der Waals surface area (Å²) in [6.45, 7) is 2.06. The molecule has 0 spiro atoms. The van der Waals surface area contributed by atoms with Crippen molar-refractivity contribution >= 4 is 21.6 Å². The Kier molecular flexibility index (Phi) is 3.37. The van der Waals surface area contributed by atoms with Crippen LogP contribution < -0.4 is 4.72 Å². The molecule has 0 saturated heterocycles. The Morgan fingerprint density at radius 2 is 2.17 bits per heavy atom. The normalized spacial score (nSPS) is 30.8. The van der Waals surface area contributed by atoms with E-state index in [1.54, 1.807) is 0 Å². The zero-order chi connectivity index (χ0) is 9.19. The monoisotopic (exact) mass is 211 g/mol. The van der Waals surface area contributed by atoms with Gasteiger partial charge < -0.3 is 0 Å². The van der Waals surface area contributed by atoms with Gasteiger partial charge in [-0.3, -0.25) is 0 Å². The third kappa shape index (κ3) is 2.61. The van der Waals surface area contributed by atoms with Crippen molar-refractivity contribution in [2.75, 3.05) is 5.21 Å². The fourth-order valence-corrected chi connectivity index (χ4v) is 2.65. The molecule has 5 heteroatoms. The van der Waals surface area contributed by atoms with E-state index in [-0.39, 0.29) is 11.3 Å². The summed E-state index contributed by atoms with van der Waals surface area (Å²) in [5, 5.41) is -0.337. The van der Waals surface area contributed by atoms with Gasteiger partial charge in [-0.15, -0.1) is 11.6 Å². The Morgan fingerprint density at radius 3 is 2.58 bits per heavy atom. The number of rotatable bonds is 3. The lowest BCUT2D eigenvalue weighted by Gasteiger charge is -2.15. The molecule has 0 bridgehead atoms. The van der Waals surface area contributed by atoms with E-state index in [4.69, 9.17) is 11.6 Å². The highest BCUT2D eigenvalue weighted by atomic mass is 35.5. The minimum atomic E-state index is -3.22. The zero-order valence-electron chi connectivity index (χ0n) is 7.09. The summed E-state index contributed by atoms with van der Waals surface area (Å²) in [4.78, 5) is 0. The van der Waals surface area contributed by atoms with Crippen LogP contribution in [0.4, 0.5) is 0 Å². The van der Waals surface area contributed by atoms with E-state index in [0.29, 0.717) is 5.92 Å². The summed E-state index contributed by atoms with van der Waals surface area (Å²) < 4.78 is 24.7. The lowest BCUT2D eigenvalue weighted by atomic mass is 10.1. The molecular weight excluding hydrogens is 198 g/mol. The molecule has 1 rings (SSSR count). The fraction of sp³-hybridized carbons (Fsp3) is 1.00. The van der Waals surface area contributed by atoms with Gasteiger partial charge in [0.15, 0.2) is 0 Å². The zero-order valence-corrected chi connectivity index (χ0v) is 8.66. The highest BCUT2D eigenvalue weighted by Gasteiger charge is 2.26. The average Bonchev–Trinajstić information content (AvgIpc) is 2.36. The molecule has 0 heterocycles. The number of nitrogens with one attached hydrogen (secondary N) is 1. The highest BCUT2D eigenvalue weighted by molar-refractivity contribution is 7.90. The predicted molar refractivity (Wildman–Crippen MR) is 49.6 cm³/mol. The number of alkyl halides is 1. The number of hydrogen-bond acceptors (Lipinski definition) is 2. The minimum absolute atomic E-state index is 0.105. The van der Waals surface area contributed by atoms with Crippen molar-refractivity contribution in [3.8, 4) is 0 Å². The summed E-state index contributed by atoms with van der Waals surface area (Å²) >= 11 is 5.27. The van der Waals surface area contributed by atoms with Gasteiger partial charge in [0.05, 0.1) is 0 Å². The Balaban J connectivity index is 2.51. The molecule has 3 nitrogen and oxygen atoms in total. The quantitative estimate of drug-likeness (QED) is 0.716. The second-order valence-corrected chi connectivity index (χ2v) is 5.69. The topological polar surface area (TPSA) is 46.2 Å². The molecule has 0 aliphatic heterocycles. The molecule has 0 aromatic heterocycles. The molecule has 0 amide bonds. The van der Waals surface area contributed by atoms with E-state index < -0.39 is 10.0 Å². The Bertz CT molecular complexity index is 240. The van der Waals surface area contributed by atoms with Gasteiger partial charge in [-0.2, -0.15) is 0 Å². The van der Waals surface area contributed by atoms with Crippen LogP contribution in [0.3, 0.4) is 0 Å². The first kappa shape index (κ1) is 10.3. The summed E-state index contributed by atoms with van der Waals surface area (Å²) in [5.74, 6) is 0.447. The van der Waals surface area contributed by atoms with Crippen LogP contribution in [0, 0.1) is 5.92 Å². The van der Waals surface area contributed by atoms with Gasteiger partial charge >= 0.3 is 0 Å². The van der Waals surface area contributed by atoms with Crippen molar-refractivity contribution in [2.24, 2.45) is 5.92 Å². The van der Waals surface area contributed by atoms with Crippen LogP contribution >= 0.6 is 11.6 Å². The first-order valence-corrected chi connectivity index (χ1v) is 6.30. The summed E-state index contributed by atoms with van der Waals surface area (Å²) in [6.07, 6.45) is 3.16. The largest absolute Gasteiger partial charge is 0.225 e. The first-order valence-electron chi connectivity index (χ1n) is 4.11. The molecule has 0 radical (unpaired) electrons. The van der Waals surface area contributed by atoms with Crippen LogP contribution in [0.15, 0.2) is 0 Å². The first-order chi connectivity index (χ1) is 5.55. The average molecular weight is 212 g/mol.